The molecule has 0 spiro atoms. The number of thiophene rings is 1. The SMILES string of the molecule is Cc1ccc(-c2ccc(CNCC3(O)CCOCC3)s2)cc1. The summed E-state index contributed by atoms with van der Waals surface area (Å²) < 4.78 is 5.30. The number of aryl methyl sites for hydroxylation is 1. The summed E-state index contributed by atoms with van der Waals surface area (Å²) in [6.45, 7) is 4.87. The van der Waals surface area contributed by atoms with Gasteiger partial charge in [-0.1, -0.05) is 29.8 Å². The lowest BCUT2D eigenvalue weighted by molar-refractivity contribution is -0.0616. The van der Waals surface area contributed by atoms with Gasteiger partial charge in [0.05, 0.1) is 5.60 Å². The van der Waals surface area contributed by atoms with E-state index < -0.39 is 5.60 Å². The molecule has 1 aliphatic heterocycles. The maximum atomic E-state index is 10.4. The molecule has 1 aliphatic rings. The summed E-state index contributed by atoms with van der Waals surface area (Å²) in [6.07, 6.45) is 1.44. The van der Waals surface area contributed by atoms with Crippen LogP contribution in [0.15, 0.2) is 36.4 Å². The molecule has 0 radical (unpaired) electrons. The van der Waals surface area contributed by atoms with E-state index in [0.29, 0.717) is 19.8 Å². The number of rotatable bonds is 5. The number of hydrogen-bond donors (Lipinski definition) is 2. The Morgan fingerprint density at radius 1 is 1.14 bits per heavy atom. The molecule has 4 heteroatoms. The van der Waals surface area contributed by atoms with Crippen molar-refractivity contribution >= 4 is 11.3 Å². The summed E-state index contributed by atoms with van der Waals surface area (Å²) >= 11 is 1.81. The van der Waals surface area contributed by atoms with Gasteiger partial charge in [0.15, 0.2) is 0 Å². The van der Waals surface area contributed by atoms with E-state index in [0.717, 1.165) is 19.4 Å². The van der Waals surface area contributed by atoms with Crippen LogP contribution >= 0.6 is 11.3 Å². The average Bonchev–Trinajstić information content (AvgIpc) is 2.97. The van der Waals surface area contributed by atoms with Gasteiger partial charge >= 0.3 is 0 Å². The van der Waals surface area contributed by atoms with Crippen LogP contribution in [0.25, 0.3) is 10.4 Å². The van der Waals surface area contributed by atoms with Crippen molar-refractivity contribution in [1.82, 2.24) is 5.32 Å². The molecule has 2 N–H and O–H groups in total. The molecule has 0 bridgehead atoms. The Morgan fingerprint density at radius 3 is 2.59 bits per heavy atom. The number of ether oxygens (including phenoxy) is 1. The fourth-order valence-corrected chi connectivity index (χ4v) is 3.68. The lowest BCUT2D eigenvalue weighted by Gasteiger charge is -2.32. The largest absolute Gasteiger partial charge is 0.388 e. The van der Waals surface area contributed by atoms with Gasteiger partial charge in [-0.25, -0.2) is 0 Å². The first-order valence-corrected chi connectivity index (χ1v) is 8.63. The minimum absolute atomic E-state index is 0.602. The highest BCUT2D eigenvalue weighted by atomic mass is 32.1. The van der Waals surface area contributed by atoms with Crippen molar-refractivity contribution in [2.75, 3.05) is 19.8 Å². The molecule has 3 rings (SSSR count). The highest BCUT2D eigenvalue weighted by Crippen LogP contribution is 2.28. The van der Waals surface area contributed by atoms with Gasteiger partial charge in [-0.3, -0.25) is 0 Å². The van der Waals surface area contributed by atoms with Crippen LogP contribution in [0.2, 0.25) is 0 Å². The molecular formula is C18H23NO2S. The van der Waals surface area contributed by atoms with E-state index in [9.17, 15) is 5.11 Å². The number of benzene rings is 1. The Bertz CT molecular complexity index is 600. The standard InChI is InChI=1S/C18H23NO2S/c1-14-2-4-15(5-3-14)17-7-6-16(22-17)12-19-13-18(20)8-10-21-11-9-18/h2-7,19-20H,8-13H2,1H3. The van der Waals surface area contributed by atoms with E-state index in [4.69, 9.17) is 4.74 Å². The van der Waals surface area contributed by atoms with Gasteiger partial charge in [-0.15, -0.1) is 11.3 Å². The van der Waals surface area contributed by atoms with Crippen molar-refractivity contribution < 1.29 is 9.84 Å². The molecule has 0 saturated carbocycles. The van der Waals surface area contributed by atoms with Crippen molar-refractivity contribution in [1.29, 1.82) is 0 Å². The fourth-order valence-electron chi connectivity index (χ4n) is 2.69. The first kappa shape index (κ1) is 15.7. The predicted octanol–water partition coefficient (Wildman–Crippen LogP) is 3.35. The highest BCUT2D eigenvalue weighted by molar-refractivity contribution is 7.15. The topological polar surface area (TPSA) is 41.5 Å². The van der Waals surface area contributed by atoms with E-state index in [1.165, 1.54) is 20.9 Å². The summed E-state index contributed by atoms with van der Waals surface area (Å²) in [6, 6.07) is 13.0. The van der Waals surface area contributed by atoms with Gasteiger partial charge in [-0.05, 0) is 24.6 Å². The molecule has 1 saturated heterocycles. The molecule has 1 aromatic carbocycles. The predicted molar refractivity (Wildman–Crippen MR) is 91.2 cm³/mol. The van der Waals surface area contributed by atoms with Gasteiger partial charge in [0.2, 0.25) is 0 Å². The van der Waals surface area contributed by atoms with E-state index in [-0.39, 0.29) is 0 Å². The second kappa shape index (κ2) is 6.92. The number of aliphatic hydroxyl groups is 1. The maximum absolute atomic E-state index is 10.4. The molecule has 22 heavy (non-hydrogen) atoms. The van der Waals surface area contributed by atoms with E-state index in [1.54, 1.807) is 0 Å². The molecule has 1 aromatic heterocycles. The van der Waals surface area contributed by atoms with Gasteiger partial charge in [0, 0.05) is 48.9 Å². The molecule has 118 valence electrons. The van der Waals surface area contributed by atoms with Crippen LogP contribution in [-0.4, -0.2) is 30.5 Å². The minimum Gasteiger partial charge on any atom is -0.388 e. The van der Waals surface area contributed by atoms with Gasteiger partial charge in [0.25, 0.3) is 0 Å². The van der Waals surface area contributed by atoms with Crippen molar-refractivity contribution in [3.63, 3.8) is 0 Å². The number of hydrogen-bond acceptors (Lipinski definition) is 4. The highest BCUT2D eigenvalue weighted by Gasteiger charge is 2.29. The first-order valence-electron chi connectivity index (χ1n) is 7.81. The Morgan fingerprint density at radius 2 is 1.86 bits per heavy atom. The maximum Gasteiger partial charge on any atom is 0.0815 e. The molecule has 3 nitrogen and oxygen atoms in total. The smallest absolute Gasteiger partial charge is 0.0815 e. The third kappa shape index (κ3) is 3.96. The molecule has 0 unspecified atom stereocenters. The second-order valence-electron chi connectivity index (χ2n) is 6.07. The third-order valence-corrected chi connectivity index (χ3v) is 5.31. The van der Waals surface area contributed by atoms with Crippen LogP contribution in [0, 0.1) is 6.92 Å². The van der Waals surface area contributed by atoms with Crippen molar-refractivity contribution in [2.45, 2.75) is 31.9 Å². The van der Waals surface area contributed by atoms with Crippen LogP contribution in [-0.2, 0) is 11.3 Å². The van der Waals surface area contributed by atoms with Crippen LogP contribution in [0.4, 0.5) is 0 Å². The van der Waals surface area contributed by atoms with Crippen LogP contribution in [0.5, 0.6) is 0 Å². The molecule has 2 aromatic rings. The zero-order valence-corrected chi connectivity index (χ0v) is 13.8. The lowest BCUT2D eigenvalue weighted by atomic mass is 9.94. The van der Waals surface area contributed by atoms with E-state index in [2.05, 4.69) is 48.6 Å². The first-order chi connectivity index (χ1) is 10.6. The fraction of sp³-hybridized carbons (Fsp3) is 0.444. The normalized spacial score (nSPS) is 17.5. The minimum atomic E-state index is -0.602. The summed E-state index contributed by atoms with van der Waals surface area (Å²) in [7, 11) is 0. The van der Waals surface area contributed by atoms with Gasteiger partial charge < -0.3 is 15.2 Å². The molecule has 0 atom stereocenters. The van der Waals surface area contributed by atoms with Gasteiger partial charge in [-0.2, -0.15) is 0 Å². The summed E-state index contributed by atoms with van der Waals surface area (Å²) in [5, 5.41) is 13.8. The summed E-state index contributed by atoms with van der Waals surface area (Å²) in [5.41, 5.74) is 1.95. The molecule has 2 heterocycles. The summed E-state index contributed by atoms with van der Waals surface area (Å²) in [5.74, 6) is 0. The Labute approximate surface area is 136 Å². The lowest BCUT2D eigenvalue weighted by Crippen LogP contribution is -2.44. The number of nitrogens with one attached hydrogen (secondary N) is 1. The quantitative estimate of drug-likeness (QED) is 0.888. The van der Waals surface area contributed by atoms with Crippen LogP contribution < -0.4 is 5.32 Å². The summed E-state index contributed by atoms with van der Waals surface area (Å²) in [4.78, 5) is 2.59. The second-order valence-corrected chi connectivity index (χ2v) is 7.24. The molecule has 0 aliphatic carbocycles. The molecule has 1 fully saturated rings. The van der Waals surface area contributed by atoms with Crippen molar-refractivity contribution in [3.05, 3.63) is 46.8 Å². The van der Waals surface area contributed by atoms with Crippen molar-refractivity contribution in [2.24, 2.45) is 0 Å². The van der Waals surface area contributed by atoms with Crippen LogP contribution in [0.3, 0.4) is 0 Å². The molecular weight excluding hydrogens is 294 g/mol. The van der Waals surface area contributed by atoms with Crippen LogP contribution in [0.1, 0.15) is 23.3 Å². The van der Waals surface area contributed by atoms with E-state index in [1.807, 2.05) is 11.3 Å². The Hall–Kier alpha value is -1.20. The van der Waals surface area contributed by atoms with Crippen molar-refractivity contribution in [3.8, 4) is 10.4 Å². The zero-order chi connectivity index (χ0) is 15.4. The monoisotopic (exact) mass is 317 g/mol. The van der Waals surface area contributed by atoms with E-state index >= 15 is 0 Å². The Kier molecular flexibility index (Phi) is 4.93. The Balaban J connectivity index is 1.54. The third-order valence-electron chi connectivity index (χ3n) is 4.17. The molecule has 0 amide bonds. The van der Waals surface area contributed by atoms with Gasteiger partial charge in [0.1, 0.15) is 0 Å². The average molecular weight is 317 g/mol. The zero-order valence-electron chi connectivity index (χ0n) is 13.0.